The maximum Gasteiger partial charge on any atom is 0.255 e. The average Bonchev–Trinajstić information content (AvgIpc) is 3.11. The number of fused-ring (bicyclic) bond motifs is 1. The van der Waals surface area contributed by atoms with E-state index in [0.29, 0.717) is 12.3 Å². The van der Waals surface area contributed by atoms with E-state index in [0.717, 1.165) is 34.8 Å². The van der Waals surface area contributed by atoms with Crippen molar-refractivity contribution in [3.05, 3.63) is 48.5 Å². The standard InChI is InChI=1S/C22H30N4O3Si/c1-25(2)22(28)20(27)19-11-17(12-23-13-19)18-10-16-6-7-26(21(16)24-14-18)15-29-8-9-30(3,4)5/h6-7,10-14,20,27H,8-9,15H2,1-5H3. The van der Waals surface area contributed by atoms with Gasteiger partial charge in [0, 0.05) is 75.6 Å². The van der Waals surface area contributed by atoms with E-state index in [1.54, 1.807) is 32.6 Å². The van der Waals surface area contributed by atoms with Crippen molar-refractivity contribution in [1.82, 2.24) is 19.4 Å². The fourth-order valence-electron chi connectivity index (χ4n) is 3.03. The minimum Gasteiger partial charge on any atom is -0.378 e. The molecule has 3 aromatic heterocycles. The summed E-state index contributed by atoms with van der Waals surface area (Å²) in [7, 11) is 2.12. The molecule has 3 aromatic rings. The van der Waals surface area contributed by atoms with Crippen LogP contribution in [0.5, 0.6) is 0 Å². The second-order valence-corrected chi connectivity index (χ2v) is 14.5. The first-order chi connectivity index (χ1) is 14.2. The van der Waals surface area contributed by atoms with Gasteiger partial charge < -0.3 is 19.3 Å². The van der Waals surface area contributed by atoms with E-state index in [9.17, 15) is 9.90 Å². The zero-order valence-corrected chi connectivity index (χ0v) is 19.3. The lowest BCUT2D eigenvalue weighted by molar-refractivity contribution is -0.137. The fourth-order valence-corrected chi connectivity index (χ4v) is 3.79. The van der Waals surface area contributed by atoms with E-state index in [4.69, 9.17) is 4.74 Å². The monoisotopic (exact) mass is 426 g/mol. The van der Waals surface area contributed by atoms with Crippen LogP contribution in [0.1, 0.15) is 11.7 Å². The van der Waals surface area contributed by atoms with Crippen LogP contribution in [0.2, 0.25) is 25.7 Å². The van der Waals surface area contributed by atoms with E-state index in [1.807, 2.05) is 22.9 Å². The maximum atomic E-state index is 12.1. The quantitative estimate of drug-likeness (QED) is 0.440. The van der Waals surface area contributed by atoms with Crippen LogP contribution in [0.3, 0.4) is 0 Å². The van der Waals surface area contributed by atoms with Crippen LogP contribution in [-0.2, 0) is 16.3 Å². The molecular weight excluding hydrogens is 396 g/mol. The third-order valence-corrected chi connectivity index (χ3v) is 6.62. The van der Waals surface area contributed by atoms with Gasteiger partial charge in [-0.1, -0.05) is 19.6 Å². The number of pyridine rings is 2. The molecule has 8 heteroatoms. The number of hydrogen-bond acceptors (Lipinski definition) is 5. The predicted octanol–water partition coefficient (Wildman–Crippen LogP) is 3.53. The molecule has 0 spiro atoms. The lowest BCUT2D eigenvalue weighted by Crippen LogP contribution is -2.28. The van der Waals surface area contributed by atoms with Crippen LogP contribution in [-0.4, -0.2) is 59.2 Å². The first-order valence-corrected chi connectivity index (χ1v) is 13.7. The van der Waals surface area contributed by atoms with Crippen molar-refractivity contribution in [2.24, 2.45) is 0 Å². The number of aliphatic hydroxyl groups is 1. The molecule has 1 N–H and O–H groups in total. The molecule has 0 saturated carbocycles. The van der Waals surface area contributed by atoms with Crippen molar-refractivity contribution >= 4 is 25.0 Å². The number of hydrogen-bond donors (Lipinski definition) is 1. The molecule has 1 amide bonds. The van der Waals surface area contributed by atoms with Crippen LogP contribution in [0.25, 0.3) is 22.2 Å². The largest absolute Gasteiger partial charge is 0.378 e. The summed E-state index contributed by atoms with van der Waals surface area (Å²) in [5.41, 5.74) is 2.99. The summed E-state index contributed by atoms with van der Waals surface area (Å²) in [6, 6.07) is 6.95. The Labute approximate surface area is 178 Å². The van der Waals surface area contributed by atoms with Gasteiger partial charge in [0.2, 0.25) is 0 Å². The number of likely N-dealkylation sites (N-methyl/N-ethyl adjacent to an activating group) is 1. The molecule has 0 aliphatic rings. The van der Waals surface area contributed by atoms with E-state index in [1.165, 1.54) is 11.1 Å². The van der Waals surface area contributed by atoms with Gasteiger partial charge in [-0.15, -0.1) is 0 Å². The van der Waals surface area contributed by atoms with Crippen molar-refractivity contribution in [3.8, 4) is 11.1 Å². The van der Waals surface area contributed by atoms with E-state index < -0.39 is 14.2 Å². The third-order valence-electron chi connectivity index (χ3n) is 4.91. The molecule has 7 nitrogen and oxygen atoms in total. The van der Waals surface area contributed by atoms with Gasteiger partial charge in [-0.05, 0) is 24.2 Å². The Balaban J connectivity index is 1.77. The highest BCUT2D eigenvalue weighted by molar-refractivity contribution is 6.76. The number of carbonyl (C=O) groups excluding carboxylic acids is 1. The first kappa shape index (κ1) is 22.1. The Bertz CT molecular complexity index is 1030. The summed E-state index contributed by atoms with van der Waals surface area (Å²) in [5, 5.41) is 11.3. The van der Waals surface area contributed by atoms with Crippen molar-refractivity contribution in [2.45, 2.75) is 38.5 Å². The Morgan fingerprint density at radius 2 is 1.93 bits per heavy atom. The molecule has 0 bridgehead atoms. The van der Waals surface area contributed by atoms with Gasteiger partial charge in [0.1, 0.15) is 12.4 Å². The van der Waals surface area contributed by atoms with Gasteiger partial charge in [0.05, 0.1) is 0 Å². The second-order valence-electron chi connectivity index (χ2n) is 8.91. The Kier molecular flexibility index (Phi) is 6.70. The summed E-state index contributed by atoms with van der Waals surface area (Å²) < 4.78 is 7.84. The van der Waals surface area contributed by atoms with Crippen molar-refractivity contribution in [1.29, 1.82) is 0 Å². The predicted molar refractivity (Wildman–Crippen MR) is 121 cm³/mol. The number of amides is 1. The summed E-state index contributed by atoms with van der Waals surface area (Å²) in [4.78, 5) is 22.2. The highest BCUT2D eigenvalue weighted by atomic mass is 28.3. The maximum absolute atomic E-state index is 12.1. The minimum atomic E-state index is -1.24. The average molecular weight is 427 g/mol. The van der Waals surface area contributed by atoms with Crippen LogP contribution in [0, 0.1) is 0 Å². The zero-order valence-electron chi connectivity index (χ0n) is 18.3. The highest BCUT2D eigenvalue weighted by Gasteiger charge is 2.20. The molecule has 0 aliphatic carbocycles. The molecule has 3 rings (SSSR count). The van der Waals surface area contributed by atoms with Crippen molar-refractivity contribution in [2.75, 3.05) is 20.7 Å². The zero-order chi connectivity index (χ0) is 21.9. The van der Waals surface area contributed by atoms with Crippen LogP contribution in [0.4, 0.5) is 0 Å². The smallest absolute Gasteiger partial charge is 0.255 e. The Morgan fingerprint density at radius 1 is 1.20 bits per heavy atom. The molecule has 1 unspecified atom stereocenters. The van der Waals surface area contributed by atoms with Gasteiger partial charge in [0.25, 0.3) is 5.91 Å². The molecule has 30 heavy (non-hydrogen) atoms. The third kappa shape index (κ3) is 5.32. The van der Waals surface area contributed by atoms with Crippen LogP contribution in [0.15, 0.2) is 43.0 Å². The van der Waals surface area contributed by atoms with Crippen molar-refractivity contribution < 1.29 is 14.6 Å². The summed E-state index contributed by atoms with van der Waals surface area (Å²) in [6.45, 7) is 8.26. The normalized spacial score (nSPS) is 12.9. The molecule has 3 heterocycles. The topological polar surface area (TPSA) is 80.5 Å². The number of ether oxygens (including phenoxy) is 1. The molecule has 160 valence electrons. The van der Waals surface area contributed by atoms with Crippen LogP contribution < -0.4 is 0 Å². The molecule has 0 aromatic carbocycles. The van der Waals surface area contributed by atoms with E-state index in [2.05, 4.69) is 29.6 Å². The molecule has 1 atom stereocenters. The minimum absolute atomic E-state index is 0.381. The molecule has 0 saturated heterocycles. The number of aromatic nitrogens is 3. The van der Waals surface area contributed by atoms with Crippen molar-refractivity contribution in [3.63, 3.8) is 0 Å². The Hall–Kier alpha value is -2.55. The lowest BCUT2D eigenvalue weighted by atomic mass is 10.0. The lowest BCUT2D eigenvalue weighted by Gasteiger charge is -2.16. The second kappa shape index (κ2) is 9.07. The Morgan fingerprint density at radius 3 is 2.63 bits per heavy atom. The van der Waals surface area contributed by atoms with Gasteiger partial charge in [0.15, 0.2) is 6.10 Å². The summed E-state index contributed by atoms with van der Waals surface area (Å²) in [6.07, 6.45) is 5.73. The van der Waals surface area contributed by atoms with E-state index >= 15 is 0 Å². The van der Waals surface area contributed by atoms with Crippen LogP contribution >= 0.6 is 0 Å². The molecule has 0 aliphatic heterocycles. The highest BCUT2D eigenvalue weighted by Crippen LogP contribution is 2.25. The SMILES string of the molecule is CN(C)C(=O)C(O)c1cncc(-c2cnc3c(ccn3COCC[Si](C)(C)C)c2)c1. The fraction of sp³-hybridized carbons (Fsp3) is 0.409. The van der Waals surface area contributed by atoms with Gasteiger partial charge in [-0.25, -0.2) is 4.98 Å². The first-order valence-electron chi connectivity index (χ1n) is 10.0. The van der Waals surface area contributed by atoms with E-state index in [-0.39, 0.29) is 5.91 Å². The number of aliphatic hydroxyl groups excluding tert-OH is 1. The summed E-state index contributed by atoms with van der Waals surface area (Å²) in [5.74, 6) is -0.381. The molecule has 0 radical (unpaired) electrons. The number of rotatable bonds is 8. The number of carbonyl (C=O) groups is 1. The summed E-state index contributed by atoms with van der Waals surface area (Å²) >= 11 is 0. The van der Waals surface area contributed by atoms with Gasteiger partial charge in [-0.2, -0.15) is 0 Å². The van der Waals surface area contributed by atoms with Gasteiger partial charge in [-0.3, -0.25) is 9.78 Å². The molecule has 0 fully saturated rings. The van der Waals surface area contributed by atoms with Gasteiger partial charge >= 0.3 is 0 Å². The number of nitrogens with zero attached hydrogens (tertiary/aromatic N) is 4. The molecular formula is C22H30N4O3Si.